The minimum atomic E-state index is -0.240. The van der Waals surface area contributed by atoms with Crippen LogP contribution in [0.4, 0.5) is 0 Å². The molecule has 5 heteroatoms. The number of amides is 2. The number of rotatable bonds is 3. The van der Waals surface area contributed by atoms with E-state index in [1.54, 1.807) is 0 Å². The molecule has 0 aromatic heterocycles. The summed E-state index contributed by atoms with van der Waals surface area (Å²) in [6, 6.07) is 9.37. The van der Waals surface area contributed by atoms with Crippen LogP contribution < -0.4 is 5.32 Å². The highest BCUT2D eigenvalue weighted by molar-refractivity contribution is 5.94. The summed E-state index contributed by atoms with van der Waals surface area (Å²) >= 11 is 0. The number of carbonyl (C=O) groups excluding carboxylic acids is 2. The fourth-order valence-corrected chi connectivity index (χ4v) is 3.08. The van der Waals surface area contributed by atoms with Gasteiger partial charge in [-0.1, -0.05) is 18.2 Å². The minimum absolute atomic E-state index is 0.0375. The van der Waals surface area contributed by atoms with Crippen LogP contribution in [0, 0.1) is 0 Å². The van der Waals surface area contributed by atoms with E-state index in [-0.39, 0.29) is 24.0 Å². The molecule has 1 atom stereocenters. The number of nitrogens with one attached hydrogen (secondary N) is 1. The lowest BCUT2D eigenvalue weighted by Gasteiger charge is -2.33. The molecule has 2 amide bonds. The molecule has 5 nitrogen and oxygen atoms in total. The second-order valence-electron chi connectivity index (χ2n) is 5.94. The average Bonchev–Trinajstić information content (AvgIpc) is 3.10. The third-order valence-electron chi connectivity index (χ3n) is 4.38. The highest BCUT2D eigenvalue weighted by Gasteiger charge is 2.31. The molecule has 1 unspecified atom stereocenters. The fraction of sp³-hybridized carbons (Fsp3) is 0.529. The summed E-state index contributed by atoms with van der Waals surface area (Å²) in [7, 11) is 0. The molecule has 1 aromatic rings. The van der Waals surface area contributed by atoms with E-state index in [0.29, 0.717) is 25.3 Å². The Kier molecular flexibility index (Phi) is 4.73. The van der Waals surface area contributed by atoms with Gasteiger partial charge in [-0.05, 0) is 37.8 Å². The molecule has 1 aromatic carbocycles. The van der Waals surface area contributed by atoms with Gasteiger partial charge in [0.1, 0.15) is 6.10 Å². The lowest BCUT2D eigenvalue weighted by Crippen LogP contribution is -2.49. The predicted molar refractivity (Wildman–Crippen MR) is 82.5 cm³/mol. The highest BCUT2D eigenvalue weighted by atomic mass is 16.5. The van der Waals surface area contributed by atoms with Gasteiger partial charge in [0.2, 0.25) is 0 Å². The van der Waals surface area contributed by atoms with E-state index in [1.807, 2.05) is 35.2 Å². The van der Waals surface area contributed by atoms with E-state index in [0.717, 1.165) is 25.7 Å². The number of hydrogen-bond acceptors (Lipinski definition) is 3. The molecule has 2 heterocycles. The minimum Gasteiger partial charge on any atom is -0.368 e. The van der Waals surface area contributed by atoms with Gasteiger partial charge in [-0.2, -0.15) is 0 Å². The Morgan fingerprint density at radius 2 is 1.82 bits per heavy atom. The van der Waals surface area contributed by atoms with Crippen LogP contribution >= 0.6 is 0 Å². The average molecular weight is 302 g/mol. The van der Waals surface area contributed by atoms with Crippen molar-refractivity contribution in [1.29, 1.82) is 0 Å². The van der Waals surface area contributed by atoms with Crippen molar-refractivity contribution in [3.05, 3.63) is 35.9 Å². The smallest absolute Gasteiger partial charge is 0.251 e. The Hall–Kier alpha value is -1.88. The summed E-state index contributed by atoms with van der Waals surface area (Å²) in [6.45, 7) is 2.08. The number of hydrogen-bond donors (Lipinski definition) is 1. The molecule has 0 radical (unpaired) electrons. The molecule has 22 heavy (non-hydrogen) atoms. The Labute approximate surface area is 130 Å². The van der Waals surface area contributed by atoms with Gasteiger partial charge in [0.15, 0.2) is 0 Å². The number of nitrogens with zero attached hydrogens (tertiary/aromatic N) is 1. The van der Waals surface area contributed by atoms with E-state index in [9.17, 15) is 9.59 Å². The van der Waals surface area contributed by atoms with Crippen LogP contribution in [0.3, 0.4) is 0 Å². The molecule has 3 rings (SSSR count). The maximum Gasteiger partial charge on any atom is 0.251 e. The topological polar surface area (TPSA) is 58.6 Å². The van der Waals surface area contributed by atoms with E-state index in [2.05, 4.69) is 5.32 Å². The zero-order valence-electron chi connectivity index (χ0n) is 12.7. The van der Waals surface area contributed by atoms with Gasteiger partial charge in [-0.3, -0.25) is 9.59 Å². The molecular weight excluding hydrogens is 280 g/mol. The molecule has 2 aliphatic rings. The van der Waals surface area contributed by atoms with Crippen molar-refractivity contribution < 1.29 is 14.3 Å². The van der Waals surface area contributed by atoms with Crippen LogP contribution in [0.2, 0.25) is 0 Å². The number of benzene rings is 1. The second-order valence-corrected chi connectivity index (χ2v) is 5.94. The molecule has 0 bridgehead atoms. The first-order valence-electron chi connectivity index (χ1n) is 8.00. The van der Waals surface area contributed by atoms with Crippen LogP contribution in [0.1, 0.15) is 36.0 Å². The molecule has 0 aliphatic carbocycles. The summed E-state index contributed by atoms with van der Waals surface area (Å²) in [5.41, 5.74) is 0.681. The first-order chi connectivity index (χ1) is 10.7. The second kappa shape index (κ2) is 6.92. The summed E-state index contributed by atoms with van der Waals surface area (Å²) in [5.74, 6) is 0.0786. The Morgan fingerprint density at radius 3 is 2.45 bits per heavy atom. The monoisotopic (exact) mass is 302 g/mol. The molecule has 2 fully saturated rings. The van der Waals surface area contributed by atoms with Crippen LogP contribution in [0.5, 0.6) is 0 Å². The molecule has 2 aliphatic heterocycles. The number of piperidine rings is 1. The third kappa shape index (κ3) is 3.47. The lowest BCUT2D eigenvalue weighted by molar-refractivity contribution is -0.142. The summed E-state index contributed by atoms with van der Waals surface area (Å²) in [5, 5.41) is 3.06. The van der Waals surface area contributed by atoms with Gasteiger partial charge in [0, 0.05) is 31.3 Å². The number of likely N-dealkylation sites (tertiary alicyclic amines) is 1. The first-order valence-corrected chi connectivity index (χ1v) is 8.00. The number of ether oxygens (including phenoxy) is 1. The molecule has 0 saturated carbocycles. The molecule has 0 spiro atoms. The van der Waals surface area contributed by atoms with E-state index in [1.165, 1.54) is 0 Å². The van der Waals surface area contributed by atoms with E-state index in [4.69, 9.17) is 4.74 Å². The Balaban J connectivity index is 1.47. The first kappa shape index (κ1) is 15.0. The number of carbonyl (C=O) groups is 2. The van der Waals surface area contributed by atoms with Gasteiger partial charge in [-0.15, -0.1) is 0 Å². The zero-order chi connectivity index (χ0) is 15.4. The van der Waals surface area contributed by atoms with E-state index >= 15 is 0 Å². The van der Waals surface area contributed by atoms with Crippen LogP contribution in [0.15, 0.2) is 30.3 Å². The molecular formula is C17H22N2O3. The third-order valence-corrected chi connectivity index (χ3v) is 4.38. The van der Waals surface area contributed by atoms with Gasteiger partial charge < -0.3 is 15.0 Å². The van der Waals surface area contributed by atoms with Gasteiger partial charge in [0.05, 0.1) is 0 Å². The van der Waals surface area contributed by atoms with Crippen LogP contribution in [-0.4, -0.2) is 48.6 Å². The van der Waals surface area contributed by atoms with Crippen molar-refractivity contribution in [2.75, 3.05) is 19.7 Å². The summed E-state index contributed by atoms with van der Waals surface area (Å²) in [4.78, 5) is 26.3. The van der Waals surface area contributed by atoms with Crippen molar-refractivity contribution in [3.63, 3.8) is 0 Å². The maximum absolute atomic E-state index is 12.3. The predicted octanol–water partition coefficient (Wildman–Crippen LogP) is 1.59. The van der Waals surface area contributed by atoms with Gasteiger partial charge in [0.25, 0.3) is 11.8 Å². The SMILES string of the molecule is O=C(NC1CCN(C(=O)C2CCCO2)CC1)c1ccccc1. The zero-order valence-corrected chi connectivity index (χ0v) is 12.7. The Bertz CT molecular complexity index is 518. The van der Waals surface area contributed by atoms with Gasteiger partial charge in [-0.25, -0.2) is 0 Å². The molecule has 2 saturated heterocycles. The van der Waals surface area contributed by atoms with Crippen LogP contribution in [-0.2, 0) is 9.53 Å². The van der Waals surface area contributed by atoms with E-state index < -0.39 is 0 Å². The van der Waals surface area contributed by atoms with Crippen molar-refractivity contribution in [3.8, 4) is 0 Å². The van der Waals surface area contributed by atoms with Gasteiger partial charge >= 0.3 is 0 Å². The Morgan fingerprint density at radius 1 is 1.09 bits per heavy atom. The van der Waals surface area contributed by atoms with Crippen molar-refractivity contribution in [1.82, 2.24) is 10.2 Å². The molecule has 118 valence electrons. The van der Waals surface area contributed by atoms with Crippen molar-refractivity contribution >= 4 is 11.8 Å². The fourth-order valence-electron chi connectivity index (χ4n) is 3.08. The quantitative estimate of drug-likeness (QED) is 0.922. The van der Waals surface area contributed by atoms with Crippen LogP contribution in [0.25, 0.3) is 0 Å². The lowest BCUT2D eigenvalue weighted by atomic mass is 10.0. The standard InChI is InChI=1S/C17H22N2O3/c20-16(13-5-2-1-3-6-13)18-14-8-10-19(11-9-14)17(21)15-7-4-12-22-15/h1-3,5-6,14-15H,4,7-12H2,(H,18,20). The van der Waals surface area contributed by atoms with Crippen molar-refractivity contribution in [2.45, 2.75) is 37.8 Å². The normalized spacial score (nSPS) is 22.5. The maximum atomic E-state index is 12.3. The molecule has 1 N–H and O–H groups in total. The largest absolute Gasteiger partial charge is 0.368 e. The van der Waals surface area contributed by atoms with Crippen molar-refractivity contribution in [2.24, 2.45) is 0 Å². The highest BCUT2D eigenvalue weighted by Crippen LogP contribution is 2.18. The summed E-state index contributed by atoms with van der Waals surface area (Å²) < 4.78 is 5.46. The summed E-state index contributed by atoms with van der Waals surface area (Å²) in [6.07, 6.45) is 3.17.